The summed E-state index contributed by atoms with van der Waals surface area (Å²) in [5.74, 6) is 0.856. The van der Waals surface area contributed by atoms with Gasteiger partial charge in [0, 0.05) is 16.6 Å². The van der Waals surface area contributed by atoms with E-state index in [2.05, 4.69) is 28.1 Å². The lowest BCUT2D eigenvalue weighted by Crippen LogP contribution is -2.45. The lowest BCUT2D eigenvalue weighted by atomic mass is 9.96. The smallest absolute Gasteiger partial charge is 0.171 e. The van der Waals surface area contributed by atoms with E-state index in [0.29, 0.717) is 11.7 Å². The third-order valence-electron chi connectivity index (χ3n) is 4.21. The molecule has 1 aliphatic rings. The highest BCUT2D eigenvalue weighted by atomic mass is 32.1. The zero-order valence-corrected chi connectivity index (χ0v) is 14.9. The van der Waals surface area contributed by atoms with Crippen LogP contribution in [-0.2, 0) is 5.54 Å². The number of thiocarbonyl (C=S) groups is 1. The van der Waals surface area contributed by atoms with Crippen LogP contribution in [0, 0.1) is 0 Å². The highest BCUT2D eigenvalue weighted by Crippen LogP contribution is 2.40. The molecule has 3 nitrogen and oxygen atoms in total. The van der Waals surface area contributed by atoms with Gasteiger partial charge in [-0.25, -0.2) is 0 Å². The van der Waals surface area contributed by atoms with Crippen LogP contribution in [0.15, 0.2) is 41.8 Å². The molecule has 1 saturated carbocycles. The van der Waals surface area contributed by atoms with Crippen molar-refractivity contribution in [2.75, 3.05) is 11.9 Å². The van der Waals surface area contributed by atoms with Gasteiger partial charge in [-0.1, -0.05) is 25.0 Å². The van der Waals surface area contributed by atoms with Crippen molar-refractivity contribution in [3.8, 4) is 5.75 Å². The van der Waals surface area contributed by atoms with Crippen LogP contribution in [0.2, 0.25) is 0 Å². The van der Waals surface area contributed by atoms with Crippen molar-refractivity contribution in [3.05, 3.63) is 46.7 Å². The van der Waals surface area contributed by atoms with Gasteiger partial charge in [0.25, 0.3) is 0 Å². The summed E-state index contributed by atoms with van der Waals surface area (Å²) in [7, 11) is 0. The molecule has 0 atom stereocenters. The second kappa shape index (κ2) is 7.32. The number of benzene rings is 1. The van der Waals surface area contributed by atoms with E-state index in [1.807, 2.05) is 31.2 Å². The van der Waals surface area contributed by atoms with Gasteiger partial charge in [-0.2, -0.15) is 0 Å². The average Bonchev–Trinajstić information content (AvgIpc) is 3.19. The quantitative estimate of drug-likeness (QED) is 0.754. The Kier molecular flexibility index (Phi) is 5.18. The van der Waals surface area contributed by atoms with E-state index < -0.39 is 0 Å². The molecule has 0 saturated heterocycles. The van der Waals surface area contributed by atoms with Crippen molar-refractivity contribution >= 4 is 34.4 Å². The molecule has 0 amide bonds. The standard InChI is InChI=1S/C18H22N2OS2/c1-2-21-15-8-5-7-14(13-15)19-17(22)20-18(10-3-4-11-18)16-9-6-12-23-16/h5-9,12-13H,2-4,10-11H2,1H3,(H2,19,20,22). The summed E-state index contributed by atoms with van der Waals surface area (Å²) in [6.45, 7) is 2.64. The molecule has 1 aromatic carbocycles. The van der Waals surface area contributed by atoms with Gasteiger partial charge in [0.15, 0.2) is 5.11 Å². The minimum atomic E-state index is -0.00419. The molecule has 1 aromatic heterocycles. The van der Waals surface area contributed by atoms with Crippen LogP contribution in [0.5, 0.6) is 5.75 Å². The lowest BCUT2D eigenvalue weighted by molar-refractivity contribution is 0.340. The third kappa shape index (κ3) is 3.85. The van der Waals surface area contributed by atoms with Gasteiger partial charge < -0.3 is 15.4 Å². The fourth-order valence-electron chi connectivity index (χ4n) is 3.17. The monoisotopic (exact) mass is 346 g/mol. The zero-order valence-electron chi connectivity index (χ0n) is 13.3. The molecule has 0 unspecified atom stereocenters. The molecule has 0 radical (unpaired) electrons. The van der Waals surface area contributed by atoms with Crippen molar-refractivity contribution in [3.63, 3.8) is 0 Å². The molecular formula is C18H22N2OS2. The highest BCUT2D eigenvalue weighted by molar-refractivity contribution is 7.80. The summed E-state index contributed by atoms with van der Waals surface area (Å²) < 4.78 is 5.54. The molecule has 2 aromatic rings. The fraction of sp³-hybridized carbons (Fsp3) is 0.389. The predicted molar refractivity (Wildman–Crippen MR) is 101 cm³/mol. The molecule has 0 spiro atoms. The number of nitrogens with one attached hydrogen (secondary N) is 2. The maximum Gasteiger partial charge on any atom is 0.171 e. The van der Waals surface area contributed by atoms with Crippen LogP contribution in [0.1, 0.15) is 37.5 Å². The van der Waals surface area contributed by atoms with E-state index in [0.717, 1.165) is 24.3 Å². The van der Waals surface area contributed by atoms with Crippen LogP contribution in [0.25, 0.3) is 0 Å². The van der Waals surface area contributed by atoms with Crippen LogP contribution in [0.3, 0.4) is 0 Å². The summed E-state index contributed by atoms with van der Waals surface area (Å²) in [4.78, 5) is 1.38. The first-order chi connectivity index (χ1) is 11.2. The topological polar surface area (TPSA) is 33.3 Å². The Balaban J connectivity index is 1.69. The van der Waals surface area contributed by atoms with Crippen molar-refractivity contribution in [1.82, 2.24) is 5.32 Å². The van der Waals surface area contributed by atoms with Crippen molar-refractivity contribution in [1.29, 1.82) is 0 Å². The molecule has 5 heteroatoms. The Hall–Kier alpha value is -1.59. The first-order valence-electron chi connectivity index (χ1n) is 8.08. The molecule has 0 bridgehead atoms. The summed E-state index contributed by atoms with van der Waals surface area (Å²) in [5.41, 5.74) is 0.947. The van der Waals surface area contributed by atoms with Gasteiger partial charge in [-0.05, 0) is 55.6 Å². The second-order valence-electron chi connectivity index (χ2n) is 5.81. The van der Waals surface area contributed by atoms with E-state index in [9.17, 15) is 0 Å². The van der Waals surface area contributed by atoms with Gasteiger partial charge in [0.2, 0.25) is 0 Å². The highest BCUT2D eigenvalue weighted by Gasteiger charge is 2.37. The molecule has 23 heavy (non-hydrogen) atoms. The number of rotatable bonds is 5. The van der Waals surface area contributed by atoms with E-state index in [-0.39, 0.29) is 5.54 Å². The van der Waals surface area contributed by atoms with Crippen LogP contribution in [0.4, 0.5) is 5.69 Å². The first kappa shape index (κ1) is 16.3. The van der Waals surface area contributed by atoms with Crippen LogP contribution in [-0.4, -0.2) is 11.7 Å². The number of anilines is 1. The molecule has 2 N–H and O–H groups in total. The Morgan fingerprint density at radius 1 is 1.26 bits per heavy atom. The molecule has 1 aliphatic carbocycles. The van der Waals surface area contributed by atoms with E-state index in [4.69, 9.17) is 17.0 Å². The fourth-order valence-corrected chi connectivity index (χ4v) is 4.43. The Labute approximate surface area is 147 Å². The minimum absolute atomic E-state index is 0.00419. The van der Waals surface area contributed by atoms with Crippen molar-refractivity contribution in [2.24, 2.45) is 0 Å². The number of thiophene rings is 1. The minimum Gasteiger partial charge on any atom is -0.494 e. The average molecular weight is 347 g/mol. The SMILES string of the molecule is CCOc1cccc(NC(=S)NC2(c3cccs3)CCCC2)c1. The summed E-state index contributed by atoms with van der Waals surface area (Å²) in [5, 5.41) is 9.70. The largest absolute Gasteiger partial charge is 0.494 e. The van der Waals surface area contributed by atoms with Gasteiger partial charge in [-0.3, -0.25) is 0 Å². The second-order valence-corrected chi connectivity index (χ2v) is 7.16. The summed E-state index contributed by atoms with van der Waals surface area (Å²) >= 11 is 7.37. The normalized spacial score (nSPS) is 16.0. The molecule has 3 rings (SSSR count). The first-order valence-corrected chi connectivity index (χ1v) is 9.37. The van der Waals surface area contributed by atoms with E-state index in [1.54, 1.807) is 11.3 Å². The zero-order chi connectivity index (χ0) is 16.1. The van der Waals surface area contributed by atoms with E-state index >= 15 is 0 Å². The Morgan fingerprint density at radius 2 is 2.09 bits per heavy atom. The lowest BCUT2D eigenvalue weighted by Gasteiger charge is -2.31. The van der Waals surface area contributed by atoms with Crippen LogP contribution >= 0.6 is 23.6 Å². The maximum atomic E-state index is 5.57. The maximum absolute atomic E-state index is 5.57. The Bertz CT molecular complexity index is 649. The molecule has 1 heterocycles. The van der Waals surface area contributed by atoms with Gasteiger partial charge >= 0.3 is 0 Å². The van der Waals surface area contributed by atoms with Crippen molar-refractivity contribution < 1.29 is 4.74 Å². The molecule has 0 aliphatic heterocycles. The number of hydrogen-bond donors (Lipinski definition) is 2. The summed E-state index contributed by atoms with van der Waals surface area (Å²) in [6.07, 6.45) is 4.75. The number of ether oxygens (including phenoxy) is 1. The molecule has 1 fully saturated rings. The predicted octanol–water partition coefficient (Wildman–Crippen LogP) is 4.90. The summed E-state index contributed by atoms with van der Waals surface area (Å²) in [6, 6.07) is 12.2. The van der Waals surface area contributed by atoms with Crippen LogP contribution < -0.4 is 15.4 Å². The molecule has 122 valence electrons. The Morgan fingerprint density at radius 3 is 2.78 bits per heavy atom. The van der Waals surface area contributed by atoms with Gasteiger partial charge in [0.1, 0.15) is 5.75 Å². The number of hydrogen-bond acceptors (Lipinski definition) is 3. The van der Waals surface area contributed by atoms with Gasteiger partial charge in [0.05, 0.1) is 12.1 Å². The third-order valence-corrected chi connectivity index (χ3v) is 5.48. The molecular weight excluding hydrogens is 324 g/mol. The van der Waals surface area contributed by atoms with Gasteiger partial charge in [-0.15, -0.1) is 11.3 Å². The van der Waals surface area contributed by atoms with E-state index in [1.165, 1.54) is 17.7 Å². The van der Waals surface area contributed by atoms with Crippen molar-refractivity contribution in [2.45, 2.75) is 38.1 Å².